The van der Waals surface area contributed by atoms with Gasteiger partial charge in [0.1, 0.15) is 0 Å². The summed E-state index contributed by atoms with van der Waals surface area (Å²) in [6, 6.07) is 8.15. The van der Waals surface area contributed by atoms with Gasteiger partial charge < -0.3 is 9.51 Å². The molecule has 0 bridgehead atoms. The Morgan fingerprint density at radius 3 is 2.28 bits per heavy atom. The molecular formula is C19H16F3NO4S2. The highest BCUT2D eigenvalue weighted by Crippen LogP contribution is 2.38. The van der Waals surface area contributed by atoms with Gasteiger partial charge in [0.25, 0.3) is 0 Å². The van der Waals surface area contributed by atoms with Gasteiger partial charge in [-0.3, -0.25) is 4.79 Å². The molecule has 0 aliphatic rings. The van der Waals surface area contributed by atoms with Gasteiger partial charge in [0.2, 0.25) is 0 Å². The van der Waals surface area contributed by atoms with Crippen molar-refractivity contribution >= 4 is 33.1 Å². The number of halogens is 3. The van der Waals surface area contributed by atoms with E-state index in [4.69, 9.17) is 0 Å². The van der Waals surface area contributed by atoms with Crippen LogP contribution in [-0.4, -0.2) is 30.2 Å². The molecule has 0 atom stereocenters. The van der Waals surface area contributed by atoms with Crippen LogP contribution in [0.2, 0.25) is 0 Å². The van der Waals surface area contributed by atoms with Gasteiger partial charge in [-0.15, -0.1) is 0 Å². The average Bonchev–Trinajstić information content (AvgIpc) is 2.85. The van der Waals surface area contributed by atoms with Crippen molar-refractivity contribution in [2.45, 2.75) is 34.3 Å². The fourth-order valence-corrected chi connectivity index (χ4v) is 4.60. The molecule has 0 aliphatic carbocycles. The van der Waals surface area contributed by atoms with Crippen molar-refractivity contribution in [3.8, 4) is 0 Å². The minimum absolute atomic E-state index is 0.129. The quantitative estimate of drug-likeness (QED) is 0.631. The number of sulfone groups is 1. The van der Waals surface area contributed by atoms with E-state index in [1.165, 1.54) is 22.6 Å². The first kappa shape index (κ1) is 21.3. The smallest absolute Gasteiger partial charge is 0.417 e. The Balaban J connectivity index is 2.14. The summed E-state index contributed by atoms with van der Waals surface area (Å²) in [4.78, 5) is 12.0. The number of hydrogen-bond donors (Lipinski definition) is 1. The van der Waals surface area contributed by atoms with E-state index in [2.05, 4.69) is 0 Å². The Kier molecular flexibility index (Phi) is 5.44. The van der Waals surface area contributed by atoms with Crippen molar-refractivity contribution < 1.29 is 31.5 Å². The van der Waals surface area contributed by atoms with Gasteiger partial charge in [-0.2, -0.15) is 13.2 Å². The summed E-state index contributed by atoms with van der Waals surface area (Å²) in [5.74, 6) is -1.09. The van der Waals surface area contributed by atoms with Crippen LogP contribution in [0.15, 0.2) is 57.4 Å². The molecular weight excluding hydrogens is 427 g/mol. The van der Waals surface area contributed by atoms with E-state index in [1.54, 1.807) is 19.1 Å². The maximum atomic E-state index is 13.2. The molecule has 3 aromatic rings. The predicted molar refractivity (Wildman–Crippen MR) is 102 cm³/mol. The Bertz CT molecular complexity index is 1200. The second-order valence-corrected chi connectivity index (χ2v) is 9.57. The standard InChI is InChI=1S/C19H16F3NO4S2/c1-11-15(9-17(24)25)16-8-3-12(19(20,21)22)10-23(16)18(11)28-13-4-6-14(7-5-13)29(2,26)27/h3-8,10H,9H2,1-2H3,(H,24,25). The number of carboxylic acids is 1. The molecule has 0 fully saturated rings. The third-order valence-electron chi connectivity index (χ3n) is 4.37. The number of nitrogens with zero attached hydrogens (tertiary/aromatic N) is 1. The van der Waals surface area contributed by atoms with Crippen molar-refractivity contribution in [1.82, 2.24) is 4.40 Å². The molecule has 0 radical (unpaired) electrons. The lowest BCUT2D eigenvalue weighted by Gasteiger charge is -2.10. The van der Waals surface area contributed by atoms with E-state index >= 15 is 0 Å². The molecule has 0 unspecified atom stereocenters. The molecule has 0 amide bonds. The Morgan fingerprint density at radius 1 is 1.14 bits per heavy atom. The first-order valence-corrected chi connectivity index (χ1v) is 11.0. The number of fused-ring (bicyclic) bond motifs is 1. The lowest BCUT2D eigenvalue weighted by molar-refractivity contribution is -0.138. The largest absolute Gasteiger partial charge is 0.481 e. The van der Waals surface area contributed by atoms with Crippen molar-refractivity contribution in [1.29, 1.82) is 0 Å². The van der Waals surface area contributed by atoms with Crippen LogP contribution in [-0.2, 0) is 27.2 Å². The topological polar surface area (TPSA) is 75.8 Å². The molecule has 1 aromatic carbocycles. The van der Waals surface area contributed by atoms with Gasteiger partial charge in [0.15, 0.2) is 9.84 Å². The van der Waals surface area contributed by atoms with E-state index in [1.807, 2.05) is 0 Å². The SMILES string of the molecule is Cc1c(CC(=O)O)c2ccc(C(F)(F)F)cn2c1Sc1ccc(S(C)(=O)=O)cc1. The van der Waals surface area contributed by atoms with Gasteiger partial charge in [-0.05, 0) is 54.4 Å². The Morgan fingerprint density at radius 2 is 1.76 bits per heavy atom. The molecule has 5 nitrogen and oxygen atoms in total. The van der Waals surface area contributed by atoms with E-state index < -0.39 is 27.5 Å². The van der Waals surface area contributed by atoms with Crippen LogP contribution >= 0.6 is 11.8 Å². The van der Waals surface area contributed by atoms with Crippen molar-refractivity contribution in [2.24, 2.45) is 0 Å². The molecule has 0 saturated carbocycles. The number of carbonyl (C=O) groups is 1. The summed E-state index contributed by atoms with van der Waals surface area (Å²) < 4.78 is 64.1. The first-order valence-electron chi connectivity index (χ1n) is 8.28. The highest BCUT2D eigenvalue weighted by atomic mass is 32.2. The molecule has 3 rings (SSSR count). The second-order valence-electron chi connectivity index (χ2n) is 6.50. The molecule has 0 spiro atoms. The highest BCUT2D eigenvalue weighted by Gasteiger charge is 2.31. The fraction of sp³-hybridized carbons (Fsp3) is 0.211. The van der Waals surface area contributed by atoms with Gasteiger partial charge in [0.05, 0.1) is 27.4 Å². The first-order chi connectivity index (χ1) is 13.4. The third-order valence-corrected chi connectivity index (χ3v) is 6.70. The molecule has 0 aliphatic heterocycles. The predicted octanol–water partition coefficient (Wildman–Crippen LogP) is 4.45. The fourth-order valence-electron chi connectivity index (χ4n) is 2.95. The zero-order valence-electron chi connectivity index (χ0n) is 15.3. The number of alkyl halides is 3. The maximum Gasteiger partial charge on any atom is 0.417 e. The Labute approximate surface area is 169 Å². The van der Waals surface area contributed by atoms with E-state index in [-0.39, 0.29) is 11.3 Å². The number of pyridine rings is 1. The molecule has 0 saturated heterocycles. The monoisotopic (exact) mass is 443 g/mol. The van der Waals surface area contributed by atoms with Crippen LogP contribution in [0.4, 0.5) is 13.2 Å². The van der Waals surface area contributed by atoms with Gasteiger partial charge in [-0.1, -0.05) is 11.8 Å². The average molecular weight is 443 g/mol. The van der Waals surface area contributed by atoms with Crippen LogP contribution in [0, 0.1) is 6.92 Å². The van der Waals surface area contributed by atoms with Crippen LogP contribution in [0.5, 0.6) is 0 Å². The minimum atomic E-state index is -4.54. The third kappa shape index (κ3) is 4.43. The van der Waals surface area contributed by atoms with Crippen molar-refractivity contribution in [3.63, 3.8) is 0 Å². The van der Waals surface area contributed by atoms with Crippen LogP contribution in [0.25, 0.3) is 5.52 Å². The lowest BCUT2D eigenvalue weighted by Crippen LogP contribution is -2.06. The zero-order valence-corrected chi connectivity index (χ0v) is 17.0. The number of rotatable bonds is 5. The number of carboxylic acid groups (broad SMARTS) is 1. The van der Waals surface area contributed by atoms with Crippen molar-refractivity contribution in [3.05, 3.63) is 59.3 Å². The molecule has 2 aromatic heterocycles. The summed E-state index contributed by atoms with van der Waals surface area (Å²) in [5.41, 5.74) is 0.523. The normalized spacial score (nSPS) is 12.4. The maximum absolute atomic E-state index is 13.2. The molecule has 10 heteroatoms. The number of aromatic nitrogens is 1. The summed E-state index contributed by atoms with van der Waals surface area (Å²) in [6.07, 6.45) is -2.84. The molecule has 2 heterocycles. The number of benzene rings is 1. The Hall–Kier alpha value is -2.46. The van der Waals surface area contributed by atoms with E-state index in [0.29, 0.717) is 26.6 Å². The number of aliphatic carboxylic acids is 1. The summed E-state index contributed by atoms with van der Waals surface area (Å²) >= 11 is 1.14. The molecule has 1 N–H and O–H groups in total. The van der Waals surface area contributed by atoms with Gasteiger partial charge >= 0.3 is 12.1 Å². The highest BCUT2D eigenvalue weighted by molar-refractivity contribution is 7.99. The minimum Gasteiger partial charge on any atom is -0.481 e. The van der Waals surface area contributed by atoms with E-state index in [9.17, 15) is 31.5 Å². The zero-order chi connectivity index (χ0) is 21.6. The summed E-state index contributed by atoms with van der Waals surface area (Å²) in [5, 5.41) is 9.63. The van der Waals surface area contributed by atoms with Crippen LogP contribution < -0.4 is 0 Å². The summed E-state index contributed by atoms with van der Waals surface area (Å²) in [6.45, 7) is 1.66. The van der Waals surface area contributed by atoms with Crippen LogP contribution in [0.3, 0.4) is 0 Å². The van der Waals surface area contributed by atoms with Crippen LogP contribution in [0.1, 0.15) is 16.7 Å². The van der Waals surface area contributed by atoms with Gasteiger partial charge in [-0.25, -0.2) is 8.42 Å². The molecule has 29 heavy (non-hydrogen) atoms. The summed E-state index contributed by atoms with van der Waals surface area (Å²) in [7, 11) is -3.37. The second kappa shape index (κ2) is 7.42. The number of hydrogen-bond acceptors (Lipinski definition) is 4. The lowest BCUT2D eigenvalue weighted by atomic mass is 10.1. The van der Waals surface area contributed by atoms with E-state index in [0.717, 1.165) is 30.3 Å². The van der Waals surface area contributed by atoms with Crippen molar-refractivity contribution in [2.75, 3.05) is 6.26 Å². The molecule has 154 valence electrons. The van der Waals surface area contributed by atoms with Gasteiger partial charge in [0, 0.05) is 17.3 Å².